The number of rotatable bonds is 4. The lowest BCUT2D eigenvalue weighted by molar-refractivity contribution is 0.0690. The molecule has 8 heteroatoms. The van der Waals surface area contributed by atoms with Gasteiger partial charge in [0.15, 0.2) is 5.69 Å². The molecule has 0 unspecified atom stereocenters. The van der Waals surface area contributed by atoms with Gasteiger partial charge < -0.3 is 15.3 Å². The first-order valence-electron chi connectivity index (χ1n) is 7.94. The molecule has 4 rings (SSSR count). The summed E-state index contributed by atoms with van der Waals surface area (Å²) in [5.74, 6) is -0.657. The predicted octanol–water partition coefficient (Wildman–Crippen LogP) is 2.79. The number of aromatic nitrogens is 4. The monoisotopic (exact) mass is 348 g/mol. The number of hydrogen-bond acceptors (Lipinski definition) is 6. The number of hydrogen-bond donors (Lipinski definition) is 2. The van der Waals surface area contributed by atoms with Crippen molar-refractivity contribution in [3.8, 4) is 0 Å². The number of carbonyl (C=O) groups is 1. The van der Waals surface area contributed by atoms with Gasteiger partial charge in [-0.2, -0.15) is 9.61 Å². The van der Waals surface area contributed by atoms with E-state index >= 15 is 0 Å². The molecular formula is C18H16N6O2. The third kappa shape index (κ3) is 2.67. The van der Waals surface area contributed by atoms with Crippen molar-refractivity contribution >= 4 is 39.7 Å². The highest BCUT2D eigenvalue weighted by Crippen LogP contribution is 2.25. The van der Waals surface area contributed by atoms with E-state index in [0.29, 0.717) is 17.0 Å². The van der Waals surface area contributed by atoms with Crippen LogP contribution in [0.5, 0.6) is 0 Å². The molecule has 1 aromatic carbocycles. The molecule has 0 radical (unpaired) electrons. The summed E-state index contributed by atoms with van der Waals surface area (Å²) in [5, 5.41) is 17.4. The molecule has 0 aliphatic carbocycles. The highest BCUT2D eigenvalue weighted by molar-refractivity contribution is 5.97. The molecule has 130 valence electrons. The summed E-state index contributed by atoms with van der Waals surface area (Å²) in [6.07, 6.45) is 3.30. The van der Waals surface area contributed by atoms with E-state index in [9.17, 15) is 9.90 Å². The second kappa shape index (κ2) is 5.99. The third-order valence-corrected chi connectivity index (χ3v) is 4.07. The number of pyridine rings is 1. The summed E-state index contributed by atoms with van der Waals surface area (Å²) in [6, 6.07) is 11.1. The molecule has 0 fully saturated rings. The smallest absolute Gasteiger partial charge is 0.356 e. The molecule has 0 atom stereocenters. The van der Waals surface area contributed by atoms with Gasteiger partial charge in [0.25, 0.3) is 0 Å². The number of fused-ring (bicyclic) bond motifs is 3. The van der Waals surface area contributed by atoms with Crippen LogP contribution in [0.3, 0.4) is 0 Å². The molecule has 3 aromatic heterocycles. The Balaban J connectivity index is 1.85. The molecule has 0 saturated heterocycles. The second-order valence-electron chi connectivity index (χ2n) is 6.03. The van der Waals surface area contributed by atoms with Gasteiger partial charge in [-0.15, -0.1) is 0 Å². The molecule has 0 saturated carbocycles. The Morgan fingerprint density at radius 2 is 1.96 bits per heavy atom. The number of nitrogens with zero attached hydrogens (tertiary/aromatic N) is 5. The van der Waals surface area contributed by atoms with Gasteiger partial charge in [-0.3, -0.25) is 4.98 Å². The zero-order valence-electron chi connectivity index (χ0n) is 14.2. The van der Waals surface area contributed by atoms with E-state index in [2.05, 4.69) is 20.4 Å². The van der Waals surface area contributed by atoms with E-state index < -0.39 is 5.97 Å². The zero-order valence-corrected chi connectivity index (χ0v) is 14.2. The Hall–Kier alpha value is -3.68. The van der Waals surface area contributed by atoms with Crippen molar-refractivity contribution in [3.05, 3.63) is 54.5 Å². The predicted molar refractivity (Wildman–Crippen MR) is 99.3 cm³/mol. The van der Waals surface area contributed by atoms with Crippen LogP contribution in [-0.2, 0) is 0 Å². The fraction of sp³-hybridized carbons (Fsp3) is 0.111. The Morgan fingerprint density at radius 3 is 2.65 bits per heavy atom. The van der Waals surface area contributed by atoms with Gasteiger partial charge in [-0.1, -0.05) is 0 Å². The summed E-state index contributed by atoms with van der Waals surface area (Å²) >= 11 is 0. The summed E-state index contributed by atoms with van der Waals surface area (Å²) in [6.45, 7) is 0. The molecule has 0 amide bonds. The van der Waals surface area contributed by atoms with Crippen molar-refractivity contribution in [1.29, 1.82) is 0 Å². The first-order chi connectivity index (χ1) is 12.5. The normalized spacial score (nSPS) is 11.0. The van der Waals surface area contributed by atoms with Crippen molar-refractivity contribution < 1.29 is 9.90 Å². The summed E-state index contributed by atoms with van der Waals surface area (Å²) < 4.78 is 1.49. The van der Waals surface area contributed by atoms with Gasteiger partial charge in [-0.25, -0.2) is 9.78 Å². The molecule has 0 aliphatic heterocycles. The first kappa shape index (κ1) is 15.8. The van der Waals surface area contributed by atoms with E-state index in [-0.39, 0.29) is 5.69 Å². The molecule has 26 heavy (non-hydrogen) atoms. The first-order valence-corrected chi connectivity index (χ1v) is 7.94. The Kier molecular flexibility index (Phi) is 3.65. The minimum Gasteiger partial charge on any atom is -0.476 e. The number of carboxylic acid groups (broad SMARTS) is 1. The number of anilines is 3. The van der Waals surface area contributed by atoms with Crippen LogP contribution in [0.15, 0.2) is 48.8 Å². The number of benzene rings is 1. The van der Waals surface area contributed by atoms with Crippen LogP contribution in [0.2, 0.25) is 0 Å². The van der Waals surface area contributed by atoms with Crippen LogP contribution in [0.4, 0.5) is 17.3 Å². The maximum absolute atomic E-state index is 11.3. The molecular weight excluding hydrogens is 332 g/mol. The fourth-order valence-corrected chi connectivity index (χ4v) is 2.74. The highest BCUT2D eigenvalue weighted by Gasteiger charge is 2.15. The highest BCUT2D eigenvalue weighted by atomic mass is 16.4. The van der Waals surface area contributed by atoms with Gasteiger partial charge in [-0.05, 0) is 36.4 Å². The standard InChI is InChI=1S/C18H16N6O2/c1-23(2)12-5-3-11(4-6-12)20-18-21-14-7-8-19-10-13(14)16-9-15(17(25)26)22-24(16)18/h3-10H,1-2H3,(H,20,21)(H,25,26). The number of carboxylic acids is 1. The van der Waals surface area contributed by atoms with E-state index in [1.807, 2.05) is 43.3 Å². The maximum Gasteiger partial charge on any atom is 0.356 e. The average Bonchev–Trinajstić information content (AvgIpc) is 3.08. The van der Waals surface area contributed by atoms with E-state index in [1.54, 1.807) is 18.5 Å². The molecule has 4 aromatic rings. The van der Waals surface area contributed by atoms with Crippen LogP contribution in [0, 0.1) is 0 Å². The SMILES string of the molecule is CN(C)c1ccc(Nc2nc3ccncc3c3cc(C(=O)O)nn23)cc1. The Morgan fingerprint density at radius 1 is 1.19 bits per heavy atom. The van der Waals surface area contributed by atoms with Gasteiger partial charge in [0.1, 0.15) is 0 Å². The third-order valence-electron chi connectivity index (χ3n) is 4.07. The van der Waals surface area contributed by atoms with Gasteiger partial charge in [0.05, 0.1) is 11.0 Å². The lowest BCUT2D eigenvalue weighted by Crippen LogP contribution is -2.08. The summed E-state index contributed by atoms with van der Waals surface area (Å²) in [5.41, 5.74) is 3.19. The van der Waals surface area contributed by atoms with E-state index in [4.69, 9.17) is 0 Å². The molecule has 0 aliphatic rings. The van der Waals surface area contributed by atoms with Crippen LogP contribution >= 0.6 is 0 Å². The number of nitrogens with one attached hydrogen (secondary N) is 1. The van der Waals surface area contributed by atoms with Crippen molar-refractivity contribution in [1.82, 2.24) is 19.6 Å². The van der Waals surface area contributed by atoms with Gasteiger partial charge in [0, 0.05) is 43.3 Å². The summed E-state index contributed by atoms with van der Waals surface area (Å²) in [7, 11) is 3.95. The van der Waals surface area contributed by atoms with E-state index in [0.717, 1.165) is 16.8 Å². The maximum atomic E-state index is 11.3. The Labute approximate surface area is 148 Å². The number of aromatic carboxylic acids is 1. The van der Waals surface area contributed by atoms with Crippen molar-refractivity contribution in [2.75, 3.05) is 24.3 Å². The fourth-order valence-electron chi connectivity index (χ4n) is 2.74. The van der Waals surface area contributed by atoms with Crippen LogP contribution < -0.4 is 10.2 Å². The minimum atomic E-state index is -1.09. The Bertz CT molecular complexity index is 1120. The quantitative estimate of drug-likeness (QED) is 0.585. The van der Waals surface area contributed by atoms with Gasteiger partial charge >= 0.3 is 5.97 Å². The molecule has 0 bridgehead atoms. The molecule has 2 N–H and O–H groups in total. The van der Waals surface area contributed by atoms with Crippen LogP contribution in [0.25, 0.3) is 16.4 Å². The van der Waals surface area contributed by atoms with Crippen molar-refractivity contribution in [3.63, 3.8) is 0 Å². The minimum absolute atomic E-state index is 0.0471. The topological polar surface area (TPSA) is 95.6 Å². The molecule has 8 nitrogen and oxygen atoms in total. The van der Waals surface area contributed by atoms with Crippen LogP contribution in [-0.4, -0.2) is 44.8 Å². The average molecular weight is 348 g/mol. The van der Waals surface area contributed by atoms with Crippen molar-refractivity contribution in [2.24, 2.45) is 0 Å². The van der Waals surface area contributed by atoms with Crippen LogP contribution in [0.1, 0.15) is 10.5 Å². The zero-order chi connectivity index (χ0) is 18.3. The largest absolute Gasteiger partial charge is 0.476 e. The molecule has 0 spiro atoms. The van der Waals surface area contributed by atoms with E-state index in [1.165, 1.54) is 10.6 Å². The second-order valence-corrected chi connectivity index (χ2v) is 6.03. The lowest BCUT2D eigenvalue weighted by Gasteiger charge is -2.14. The van der Waals surface area contributed by atoms with Crippen molar-refractivity contribution in [2.45, 2.75) is 0 Å². The lowest BCUT2D eigenvalue weighted by atomic mass is 10.2. The molecule has 3 heterocycles. The summed E-state index contributed by atoms with van der Waals surface area (Å²) in [4.78, 5) is 22.0. The van der Waals surface area contributed by atoms with Gasteiger partial charge in [0.2, 0.25) is 5.95 Å².